The van der Waals surface area contributed by atoms with Crippen LogP contribution in [0.5, 0.6) is 0 Å². The molecule has 1 N–H and O–H groups in total. The lowest BCUT2D eigenvalue weighted by atomic mass is 10.2. The summed E-state index contributed by atoms with van der Waals surface area (Å²) in [5.41, 5.74) is 2.24. The first-order chi connectivity index (χ1) is 8.70. The van der Waals surface area contributed by atoms with E-state index in [0.717, 1.165) is 17.7 Å². The van der Waals surface area contributed by atoms with Crippen LogP contribution in [0.2, 0.25) is 0 Å². The molecule has 0 aliphatic carbocycles. The van der Waals surface area contributed by atoms with Gasteiger partial charge in [0.25, 0.3) is 0 Å². The number of carboxylic acid groups (broad SMARTS) is 1. The van der Waals surface area contributed by atoms with E-state index in [0.29, 0.717) is 11.3 Å². The molecule has 4 nitrogen and oxygen atoms in total. The molecular weight excluding hydrogens is 248 g/mol. The standard InChI is InChI=1S/C13H14N2O2S/c1-2-11-9-18-12(14-13(16)17)15(11)8-10-6-4-3-5-7-10/h3-7,9H,2,8H2,1H3,(H,16,17). The van der Waals surface area contributed by atoms with Crippen LogP contribution < -0.4 is 4.80 Å². The zero-order valence-corrected chi connectivity index (χ0v) is 10.9. The van der Waals surface area contributed by atoms with Gasteiger partial charge in [-0.05, 0) is 12.0 Å². The Morgan fingerprint density at radius 2 is 2.11 bits per heavy atom. The first-order valence-electron chi connectivity index (χ1n) is 5.69. The molecule has 1 heterocycles. The van der Waals surface area contributed by atoms with Crippen molar-refractivity contribution in [1.82, 2.24) is 4.57 Å². The van der Waals surface area contributed by atoms with E-state index < -0.39 is 6.09 Å². The Morgan fingerprint density at radius 1 is 1.39 bits per heavy atom. The normalized spacial score (nSPS) is 11.7. The fourth-order valence-corrected chi connectivity index (χ4v) is 2.72. The Morgan fingerprint density at radius 3 is 2.72 bits per heavy atom. The summed E-state index contributed by atoms with van der Waals surface area (Å²) in [5.74, 6) is 0. The third-order valence-corrected chi connectivity index (χ3v) is 3.53. The quantitative estimate of drug-likeness (QED) is 0.924. The Hall–Kier alpha value is -1.88. The third kappa shape index (κ3) is 2.87. The molecule has 0 bridgehead atoms. The average molecular weight is 262 g/mol. The second-order valence-electron chi connectivity index (χ2n) is 3.83. The molecule has 0 spiro atoms. The summed E-state index contributed by atoms with van der Waals surface area (Å²) < 4.78 is 1.95. The Bertz CT molecular complexity index is 599. The van der Waals surface area contributed by atoms with Gasteiger partial charge >= 0.3 is 6.09 Å². The third-order valence-electron chi connectivity index (χ3n) is 2.62. The van der Waals surface area contributed by atoms with Crippen molar-refractivity contribution in [3.05, 3.63) is 51.8 Å². The van der Waals surface area contributed by atoms with Gasteiger partial charge in [-0.2, -0.15) is 0 Å². The summed E-state index contributed by atoms with van der Waals surface area (Å²) in [6.45, 7) is 2.70. The maximum Gasteiger partial charge on any atom is 0.433 e. The minimum Gasteiger partial charge on any atom is -0.463 e. The molecule has 1 amide bonds. The van der Waals surface area contributed by atoms with Gasteiger partial charge in [0.05, 0.1) is 6.54 Å². The van der Waals surface area contributed by atoms with Crippen LogP contribution in [0.25, 0.3) is 0 Å². The van der Waals surface area contributed by atoms with Gasteiger partial charge in [0.1, 0.15) is 0 Å². The van der Waals surface area contributed by atoms with Gasteiger partial charge in [0, 0.05) is 11.1 Å². The molecule has 0 aliphatic heterocycles. The highest BCUT2D eigenvalue weighted by Crippen LogP contribution is 2.07. The number of aryl methyl sites for hydroxylation is 1. The summed E-state index contributed by atoms with van der Waals surface area (Å²) >= 11 is 1.36. The van der Waals surface area contributed by atoms with Crippen LogP contribution in [0.3, 0.4) is 0 Å². The van der Waals surface area contributed by atoms with E-state index in [1.807, 2.05) is 47.2 Å². The molecular formula is C13H14N2O2S. The fraction of sp³-hybridized carbons (Fsp3) is 0.231. The van der Waals surface area contributed by atoms with Gasteiger partial charge in [-0.15, -0.1) is 16.3 Å². The lowest BCUT2D eigenvalue weighted by Gasteiger charge is -2.07. The van der Waals surface area contributed by atoms with Crippen molar-refractivity contribution in [3.63, 3.8) is 0 Å². The second kappa shape index (κ2) is 5.64. The molecule has 0 unspecified atom stereocenters. The largest absolute Gasteiger partial charge is 0.463 e. The Kier molecular flexibility index (Phi) is 3.94. The number of nitrogens with zero attached hydrogens (tertiary/aromatic N) is 2. The highest BCUT2D eigenvalue weighted by Gasteiger charge is 2.05. The summed E-state index contributed by atoms with van der Waals surface area (Å²) in [7, 11) is 0. The van der Waals surface area contributed by atoms with E-state index in [1.165, 1.54) is 11.3 Å². The monoisotopic (exact) mass is 262 g/mol. The molecule has 94 valence electrons. The van der Waals surface area contributed by atoms with Crippen LogP contribution in [0.15, 0.2) is 40.7 Å². The van der Waals surface area contributed by atoms with Crippen molar-refractivity contribution in [2.75, 3.05) is 0 Å². The summed E-state index contributed by atoms with van der Waals surface area (Å²) in [5, 5.41) is 10.7. The second-order valence-corrected chi connectivity index (χ2v) is 4.67. The van der Waals surface area contributed by atoms with Gasteiger partial charge in [0.15, 0.2) is 4.80 Å². The number of aromatic nitrogens is 1. The molecule has 0 atom stereocenters. The van der Waals surface area contributed by atoms with Gasteiger partial charge in [0.2, 0.25) is 0 Å². The minimum absolute atomic E-state index is 0.531. The van der Waals surface area contributed by atoms with Crippen molar-refractivity contribution >= 4 is 17.4 Å². The number of benzene rings is 1. The lowest BCUT2D eigenvalue weighted by molar-refractivity contribution is 0.204. The van der Waals surface area contributed by atoms with E-state index in [4.69, 9.17) is 5.11 Å². The number of thiazole rings is 1. The van der Waals surface area contributed by atoms with Crippen LogP contribution in [0.1, 0.15) is 18.2 Å². The number of carbonyl (C=O) groups is 1. The van der Waals surface area contributed by atoms with Crippen LogP contribution in [-0.2, 0) is 13.0 Å². The molecule has 0 aliphatic rings. The average Bonchev–Trinajstić information content (AvgIpc) is 2.72. The van der Waals surface area contributed by atoms with E-state index in [1.54, 1.807) is 0 Å². The SMILES string of the molecule is CCc1csc(=NC(=O)O)n1Cc1ccccc1. The van der Waals surface area contributed by atoms with Crippen LogP contribution >= 0.6 is 11.3 Å². The molecule has 1 aromatic heterocycles. The summed E-state index contributed by atoms with van der Waals surface area (Å²) in [4.78, 5) is 14.9. The van der Waals surface area contributed by atoms with E-state index in [2.05, 4.69) is 4.99 Å². The highest BCUT2D eigenvalue weighted by molar-refractivity contribution is 7.07. The highest BCUT2D eigenvalue weighted by atomic mass is 32.1. The van der Waals surface area contributed by atoms with Gasteiger partial charge in [-0.25, -0.2) is 4.79 Å². The van der Waals surface area contributed by atoms with Crippen molar-refractivity contribution in [2.24, 2.45) is 4.99 Å². The van der Waals surface area contributed by atoms with Crippen molar-refractivity contribution < 1.29 is 9.90 Å². The molecule has 2 rings (SSSR count). The zero-order valence-electron chi connectivity index (χ0n) is 10.0. The van der Waals surface area contributed by atoms with E-state index in [9.17, 15) is 4.79 Å². The minimum atomic E-state index is -1.15. The topological polar surface area (TPSA) is 54.6 Å². The van der Waals surface area contributed by atoms with E-state index >= 15 is 0 Å². The molecule has 1 aromatic carbocycles. The first kappa shape index (κ1) is 12.6. The Labute approximate surface area is 109 Å². The zero-order chi connectivity index (χ0) is 13.0. The van der Waals surface area contributed by atoms with Crippen LogP contribution in [0, 0.1) is 0 Å². The number of hydrogen-bond acceptors (Lipinski definition) is 2. The summed E-state index contributed by atoms with van der Waals surface area (Å²) in [6, 6.07) is 9.96. The smallest absolute Gasteiger partial charge is 0.433 e. The fourth-order valence-electron chi connectivity index (χ4n) is 1.75. The summed E-state index contributed by atoms with van der Waals surface area (Å²) in [6.07, 6.45) is -0.292. The van der Waals surface area contributed by atoms with Crippen molar-refractivity contribution in [2.45, 2.75) is 19.9 Å². The molecule has 5 heteroatoms. The molecule has 18 heavy (non-hydrogen) atoms. The first-order valence-corrected chi connectivity index (χ1v) is 6.57. The van der Waals surface area contributed by atoms with Crippen molar-refractivity contribution in [1.29, 1.82) is 0 Å². The predicted octanol–water partition coefficient (Wildman–Crippen LogP) is 2.74. The van der Waals surface area contributed by atoms with Gasteiger partial charge in [-0.3, -0.25) is 0 Å². The molecule has 2 aromatic rings. The van der Waals surface area contributed by atoms with Gasteiger partial charge < -0.3 is 9.67 Å². The predicted molar refractivity (Wildman–Crippen MR) is 70.8 cm³/mol. The molecule has 0 saturated heterocycles. The van der Waals surface area contributed by atoms with Gasteiger partial charge in [-0.1, -0.05) is 37.3 Å². The molecule has 0 fully saturated rings. The number of hydrogen-bond donors (Lipinski definition) is 1. The Balaban J connectivity index is 2.42. The molecule has 0 radical (unpaired) electrons. The number of rotatable bonds is 3. The molecule has 0 saturated carbocycles. The van der Waals surface area contributed by atoms with Crippen LogP contribution in [0.4, 0.5) is 4.79 Å². The maximum absolute atomic E-state index is 10.7. The lowest BCUT2D eigenvalue weighted by Crippen LogP contribution is -2.19. The maximum atomic E-state index is 10.7. The van der Waals surface area contributed by atoms with E-state index in [-0.39, 0.29) is 0 Å². The number of amides is 1. The van der Waals surface area contributed by atoms with Crippen LogP contribution in [-0.4, -0.2) is 15.8 Å². The van der Waals surface area contributed by atoms with Crippen molar-refractivity contribution in [3.8, 4) is 0 Å².